The molecule has 0 aliphatic heterocycles. The van der Waals surface area contributed by atoms with E-state index in [0.717, 1.165) is 40.8 Å². The molecule has 0 aliphatic rings. The Hall–Kier alpha value is -3.21. The van der Waals surface area contributed by atoms with E-state index in [2.05, 4.69) is 27.1 Å². The van der Waals surface area contributed by atoms with Crippen molar-refractivity contribution in [2.45, 2.75) is 32.7 Å². The van der Waals surface area contributed by atoms with Crippen molar-refractivity contribution in [3.63, 3.8) is 0 Å². The molecule has 2 heterocycles. The minimum atomic E-state index is -0.0790. The van der Waals surface area contributed by atoms with Gasteiger partial charge in [-0.05, 0) is 43.5 Å². The number of nitrogens with one attached hydrogen (secondary N) is 1. The third kappa shape index (κ3) is 3.53. The van der Waals surface area contributed by atoms with Gasteiger partial charge in [0, 0.05) is 30.4 Å². The summed E-state index contributed by atoms with van der Waals surface area (Å²) in [5.74, 6) is 0.837. The van der Waals surface area contributed by atoms with Crippen LogP contribution >= 0.6 is 0 Å². The highest BCUT2D eigenvalue weighted by atomic mass is 16.1. The second-order valence-electron chi connectivity index (χ2n) is 7.00. The number of fused-ring (bicyclic) bond motifs is 1. The monoisotopic (exact) mass is 358 g/mol. The molecular formula is C22H22N4O. The summed E-state index contributed by atoms with van der Waals surface area (Å²) in [6.45, 7) is 4.01. The number of nitrogens with zero attached hydrogens (tertiary/aromatic N) is 3. The van der Waals surface area contributed by atoms with Crippen molar-refractivity contribution in [1.82, 2.24) is 19.5 Å². The Morgan fingerprint density at radius 1 is 0.963 bits per heavy atom. The van der Waals surface area contributed by atoms with Crippen LogP contribution < -0.4 is 5.69 Å². The van der Waals surface area contributed by atoms with E-state index in [4.69, 9.17) is 0 Å². The molecule has 0 saturated heterocycles. The molecule has 2 aromatic heterocycles. The summed E-state index contributed by atoms with van der Waals surface area (Å²) in [6.07, 6.45) is 5.46. The maximum atomic E-state index is 12.1. The summed E-state index contributed by atoms with van der Waals surface area (Å²) < 4.78 is 1.77. The number of hydrogen-bond donors (Lipinski definition) is 1. The molecule has 2 aromatic carbocycles. The summed E-state index contributed by atoms with van der Waals surface area (Å²) in [7, 11) is 0. The van der Waals surface area contributed by atoms with E-state index in [1.54, 1.807) is 4.57 Å². The molecule has 0 radical (unpaired) electrons. The minimum Gasteiger partial charge on any atom is -0.306 e. The van der Waals surface area contributed by atoms with Crippen LogP contribution in [0.15, 0.2) is 65.7 Å². The van der Waals surface area contributed by atoms with Crippen LogP contribution in [-0.4, -0.2) is 19.5 Å². The third-order valence-electron chi connectivity index (χ3n) is 4.75. The van der Waals surface area contributed by atoms with Crippen LogP contribution in [0.4, 0.5) is 0 Å². The molecule has 0 amide bonds. The fraction of sp³-hybridized carbons (Fsp3) is 0.227. The number of H-pyrrole nitrogens is 1. The van der Waals surface area contributed by atoms with E-state index < -0.39 is 0 Å². The maximum Gasteiger partial charge on any atom is 0.326 e. The molecule has 27 heavy (non-hydrogen) atoms. The Kier molecular flexibility index (Phi) is 4.59. The number of benzene rings is 2. The summed E-state index contributed by atoms with van der Waals surface area (Å²) in [4.78, 5) is 24.1. The molecule has 4 aromatic rings. The molecule has 0 aliphatic carbocycles. The van der Waals surface area contributed by atoms with Crippen molar-refractivity contribution < 1.29 is 0 Å². The standard InChI is InChI=1S/C22H22N4O/c1-15(2)26-20-12-17(9-10-19(20)25-22(26)27)18-13-23-21(24-14-18)11-8-16-6-4-3-5-7-16/h3-7,9-10,12-15H,8,11H2,1-2H3,(H,25,27). The molecule has 0 bridgehead atoms. The third-order valence-corrected chi connectivity index (χ3v) is 4.75. The smallest absolute Gasteiger partial charge is 0.306 e. The largest absolute Gasteiger partial charge is 0.326 e. The van der Waals surface area contributed by atoms with Crippen LogP contribution in [0.2, 0.25) is 0 Å². The van der Waals surface area contributed by atoms with Gasteiger partial charge in [-0.3, -0.25) is 4.57 Å². The Labute approximate surface area is 157 Å². The Bertz CT molecular complexity index is 1110. The van der Waals surface area contributed by atoms with Gasteiger partial charge in [0.2, 0.25) is 0 Å². The first-order chi connectivity index (χ1) is 13.1. The van der Waals surface area contributed by atoms with Gasteiger partial charge in [-0.2, -0.15) is 0 Å². The molecule has 4 rings (SSSR count). The van der Waals surface area contributed by atoms with Gasteiger partial charge < -0.3 is 4.98 Å². The van der Waals surface area contributed by atoms with Crippen molar-refractivity contribution in [3.8, 4) is 11.1 Å². The fourth-order valence-electron chi connectivity index (χ4n) is 3.35. The summed E-state index contributed by atoms with van der Waals surface area (Å²) in [5, 5.41) is 0. The predicted molar refractivity (Wildman–Crippen MR) is 108 cm³/mol. The van der Waals surface area contributed by atoms with Crippen LogP contribution in [0, 0.1) is 0 Å². The molecule has 0 fully saturated rings. The molecular weight excluding hydrogens is 336 g/mol. The van der Waals surface area contributed by atoms with E-state index in [-0.39, 0.29) is 11.7 Å². The minimum absolute atomic E-state index is 0.0790. The van der Waals surface area contributed by atoms with Gasteiger partial charge in [0.1, 0.15) is 5.82 Å². The van der Waals surface area contributed by atoms with Gasteiger partial charge in [-0.25, -0.2) is 14.8 Å². The van der Waals surface area contributed by atoms with Crippen molar-refractivity contribution in [2.75, 3.05) is 0 Å². The van der Waals surface area contributed by atoms with Crippen LogP contribution in [0.25, 0.3) is 22.2 Å². The van der Waals surface area contributed by atoms with Crippen molar-refractivity contribution in [1.29, 1.82) is 0 Å². The SMILES string of the molecule is CC(C)n1c(=O)[nH]c2ccc(-c3cnc(CCc4ccccc4)nc3)cc21. The van der Waals surface area contributed by atoms with E-state index in [9.17, 15) is 4.79 Å². The highest BCUT2D eigenvalue weighted by Gasteiger charge is 2.11. The van der Waals surface area contributed by atoms with E-state index >= 15 is 0 Å². The summed E-state index contributed by atoms with van der Waals surface area (Å²) in [5.41, 5.74) is 4.91. The topological polar surface area (TPSA) is 63.6 Å². The highest BCUT2D eigenvalue weighted by Crippen LogP contribution is 2.23. The lowest BCUT2D eigenvalue weighted by atomic mass is 10.1. The fourth-order valence-corrected chi connectivity index (χ4v) is 3.35. The second kappa shape index (κ2) is 7.19. The van der Waals surface area contributed by atoms with E-state index in [0.29, 0.717) is 0 Å². The quantitative estimate of drug-likeness (QED) is 0.583. The Morgan fingerprint density at radius 3 is 2.41 bits per heavy atom. The zero-order chi connectivity index (χ0) is 18.8. The van der Waals surface area contributed by atoms with Gasteiger partial charge in [0.25, 0.3) is 0 Å². The number of aromatic amines is 1. The molecule has 1 N–H and O–H groups in total. The number of aromatic nitrogens is 4. The molecule has 0 atom stereocenters. The predicted octanol–water partition coefficient (Wildman–Crippen LogP) is 4.15. The number of hydrogen-bond acceptors (Lipinski definition) is 3. The van der Waals surface area contributed by atoms with Crippen LogP contribution in [-0.2, 0) is 12.8 Å². The molecule has 136 valence electrons. The van der Waals surface area contributed by atoms with Crippen molar-refractivity contribution >= 4 is 11.0 Å². The van der Waals surface area contributed by atoms with Crippen LogP contribution in [0.5, 0.6) is 0 Å². The lowest BCUT2D eigenvalue weighted by Gasteiger charge is -2.08. The van der Waals surface area contributed by atoms with Crippen molar-refractivity contribution in [2.24, 2.45) is 0 Å². The average molecular weight is 358 g/mol. The molecule has 0 spiro atoms. The Morgan fingerprint density at radius 2 is 1.70 bits per heavy atom. The first-order valence-corrected chi connectivity index (χ1v) is 9.21. The number of aryl methyl sites for hydroxylation is 2. The van der Waals surface area contributed by atoms with E-state index in [1.807, 2.05) is 62.6 Å². The molecule has 0 unspecified atom stereocenters. The van der Waals surface area contributed by atoms with E-state index in [1.165, 1.54) is 5.56 Å². The molecule has 5 nitrogen and oxygen atoms in total. The van der Waals surface area contributed by atoms with Crippen molar-refractivity contribution in [3.05, 3.63) is 82.8 Å². The average Bonchev–Trinajstić information content (AvgIpc) is 3.02. The highest BCUT2D eigenvalue weighted by molar-refractivity contribution is 5.82. The Balaban J connectivity index is 1.58. The van der Waals surface area contributed by atoms with Gasteiger partial charge in [0.05, 0.1) is 11.0 Å². The number of imidazole rings is 1. The lowest BCUT2D eigenvalue weighted by Crippen LogP contribution is -2.18. The summed E-state index contributed by atoms with van der Waals surface area (Å²) >= 11 is 0. The van der Waals surface area contributed by atoms with Gasteiger partial charge >= 0.3 is 5.69 Å². The summed E-state index contributed by atoms with van der Waals surface area (Å²) in [6, 6.07) is 16.4. The first kappa shape index (κ1) is 17.2. The molecule has 0 saturated carbocycles. The zero-order valence-corrected chi connectivity index (χ0v) is 15.5. The lowest BCUT2D eigenvalue weighted by molar-refractivity contribution is 0.598. The molecule has 5 heteroatoms. The van der Waals surface area contributed by atoms with Gasteiger partial charge in [-0.1, -0.05) is 36.4 Å². The first-order valence-electron chi connectivity index (χ1n) is 9.21. The van der Waals surface area contributed by atoms with Crippen LogP contribution in [0.1, 0.15) is 31.3 Å². The van der Waals surface area contributed by atoms with Gasteiger partial charge in [0.15, 0.2) is 0 Å². The normalized spacial score (nSPS) is 11.4. The van der Waals surface area contributed by atoms with Crippen LogP contribution in [0.3, 0.4) is 0 Å². The van der Waals surface area contributed by atoms with Gasteiger partial charge in [-0.15, -0.1) is 0 Å². The number of rotatable bonds is 5. The zero-order valence-electron chi connectivity index (χ0n) is 15.5. The second-order valence-corrected chi connectivity index (χ2v) is 7.00. The maximum absolute atomic E-state index is 12.1.